The smallest absolute Gasteiger partial charge is 2.00 e. The van der Waals surface area contributed by atoms with Crippen LogP contribution in [0.5, 0.6) is 0 Å². The monoisotopic (exact) mass is 327 g/mol. The van der Waals surface area contributed by atoms with E-state index in [-0.39, 0.29) is 69.2 Å². The van der Waals surface area contributed by atoms with Crippen LogP contribution in [0.3, 0.4) is 0 Å². The van der Waals surface area contributed by atoms with Gasteiger partial charge in [-0.25, -0.2) is 0 Å². The van der Waals surface area contributed by atoms with E-state index in [4.69, 9.17) is 0 Å². The third-order valence-electron chi connectivity index (χ3n) is 0. The number of rotatable bonds is 0. The Balaban J connectivity index is 0. The molecular formula is H6IrO5Ti. The third-order valence-corrected chi connectivity index (χ3v) is 0. The Hall–Kier alpha value is 1.16. The van der Waals surface area contributed by atoms with Crippen LogP contribution in [-0.4, -0.2) is 16.4 Å². The Bertz CT molecular complexity index is 8.04. The summed E-state index contributed by atoms with van der Waals surface area (Å²) in [5.41, 5.74) is 0. The van der Waals surface area contributed by atoms with E-state index in [0.717, 1.165) is 0 Å². The number of hydrogen-bond donors (Lipinski definition) is 0. The van der Waals surface area contributed by atoms with Gasteiger partial charge >= 0.3 is 21.7 Å². The van der Waals surface area contributed by atoms with E-state index >= 15 is 0 Å². The fourth-order valence-corrected chi connectivity index (χ4v) is 0. The molecule has 0 saturated heterocycles. The first kappa shape index (κ1) is 309. The fraction of sp³-hybridized carbons (Fsp3) is 0. The Morgan fingerprint density at radius 2 is 0.571 bits per heavy atom. The van der Waals surface area contributed by atoms with Crippen molar-refractivity contribution in [2.75, 3.05) is 0 Å². The third kappa shape index (κ3) is 141. The van der Waals surface area contributed by atoms with Crippen LogP contribution in [0.15, 0.2) is 0 Å². The predicted octanol–water partition coefficient (Wildman–Crippen LogP) is -2.72. The molecule has 49 valence electrons. The number of hydrogen-bond acceptors (Lipinski definition) is 0. The van der Waals surface area contributed by atoms with Gasteiger partial charge in [-0.1, -0.05) is 0 Å². The SMILES string of the molecule is O.O.O.[Ir].[O-2].[O-2].[Ti+4]. The van der Waals surface area contributed by atoms with E-state index < -0.39 is 0 Å². The second-order valence-electron chi connectivity index (χ2n) is 0. The zero-order valence-electron chi connectivity index (χ0n) is 3.15. The van der Waals surface area contributed by atoms with Crippen LogP contribution in [0.25, 0.3) is 0 Å². The van der Waals surface area contributed by atoms with E-state index in [1.807, 2.05) is 0 Å². The predicted molar refractivity (Wildman–Crippen MR) is 12.2 cm³/mol. The van der Waals surface area contributed by atoms with Crippen LogP contribution in [-0.2, 0) is 52.8 Å². The molecule has 0 aromatic heterocycles. The summed E-state index contributed by atoms with van der Waals surface area (Å²) in [5.74, 6) is 0. The first-order valence-electron chi connectivity index (χ1n) is 0. The minimum atomic E-state index is 0. The van der Waals surface area contributed by atoms with Crippen molar-refractivity contribution in [1.29, 1.82) is 0 Å². The molecule has 0 aliphatic rings. The molecule has 7 heteroatoms. The Kier molecular flexibility index (Phi) is 8880. The van der Waals surface area contributed by atoms with E-state index in [9.17, 15) is 0 Å². The molecule has 0 fully saturated rings. The molecule has 7 heavy (non-hydrogen) atoms. The average Bonchev–Trinajstić information content (AvgIpc) is 0. The van der Waals surface area contributed by atoms with E-state index in [1.165, 1.54) is 0 Å². The van der Waals surface area contributed by atoms with Gasteiger partial charge in [0.15, 0.2) is 0 Å². The van der Waals surface area contributed by atoms with Crippen LogP contribution < -0.4 is 0 Å². The Morgan fingerprint density at radius 3 is 0.571 bits per heavy atom. The summed E-state index contributed by atoms with van der Waals surface area (Å²) in [6.07, 6.45) is 0. The summed E-state index contributed by atoms with van der Waals surface area (Å²) in [7, 11) is 0. The molecule has 0 rings (SSSR count). The second-order valence-corrected chi connectivity index (χ2v) is 0. The van der Waals surface area contributed by atoms with E-state index in [1.54, 1.807) is 0 Å². The standard InChI is InChI=1S/Ir.3H2O.2O.Ti/h;3*1H2;;;/q;;;;2*-2;+4. The van der Waals surface area contributed by atoms with Crippen LogP contribution in [0.1, 0.15) is 0 Å². The van der Waals surface area contributed by atoms with E-state index in [2.05, 4.69) is 0 Å². The molecule has 0 aliphatic heterocycles. The largest absolute Gasteiger partial charge is 4.00 e. The van der Waals surface area contributed by atoms with Crippen LogP contribution >= 0.6 is 0 Å². The topological polar surface area (TPSA) is 152 Å². The molecule has 0 spiro atoms. The zero-order chi connectivity index (χ0) is 0. The van der Waals surface area contributed by atoms with Crippen LogP contribution in [0.4, 0.5) is 0 Å². The van der Waals surface area contributed by atoms with Crippen molar-refractivity contribution in [3.05, 3.63) is 0 Å². The fourth-order valence-electron chi connectivity index (χ4n) is 0. The van der Waals surface area contributed by atoms with Crippen molar-refractivity contribution < 1.29 is 69.2 Å². The maximum atomic E-state index is 0. The van der Waals surface area contributed by atoms with Gasteiger partial charge in [-0.3, -0.25) is 0 Å². The van der Waals surface area contributed by atoms with Gasteiger partial charge in [0.2, 0.25) is 0 Å². The van der Waals surface area contributed by atoms with Gasteiger partial charge in [0, 0.05) is 20.1 Å². The summed E-state index contributed by atoms with van der Waals surface area (Å²) < 4.78 is 0. The summed E-state index contributed by atoms with van der Waals surface area (Å²) in [4.78, 5) is 0. The summed E-state index contributed by atoms with van der Waals surface area (Å²) in [6, 6.07) is 0. The maximum Gasteiger partial charge on any atom is 4.00 e. The van der Waals surface area contributed by atoms with Crippen molar-refractivity contribution in [2.24, 2.45) is 0 Å². The van der Waals surface area contributed by atoms with Gasteiger partial charge < -0.3 is 27.4 Å². The van der Waals surface area contributed by atoms with Crippen molar-refractivity contribution in [1.82, 2.24) is 0 Å². The van der Waals surface area contributed by atoms with Gasteiger partial charge in [0.05, 0.1) is 0 Å². The molecule has 0 aromatic rings. The van der Waals surface area contributed by atoms with Crippen LogP contribution in [0, 0.1) is 0 Å². The van der Waals surface area contributed by atoms with Crippen LogP contribution in [0.2, 0.25) is 0 Å². The molecule has 1 radical (unpaired) electrons. The normalized spacial score (nSPS) is 0. The second kappa shape index (κ2) is 201. The molecule has 0 unspecified atom stereocenters. The van der Waals surface area contributed by atoms with E-state index in [0.29, 0.717) is 0 Å². The Morgan fingerprint density at radius 1 is 0.571 bits per heavy atom. The molecular weight excluding hydrogens is 320 g/mol. The average molecular weight is 326 g/mol. The first-order valence-corrected chi connectivity index (χ1v) is 0. The molecule has 0 aromatic carbocycles. The molecule has 0 saturated carbocycles. The zero-order valence-corrected chi connectivity index (χ0v) is 7.11. The van der Waals surface area contributed by atoms with Crippen molar-refractivity contribution in [2.45, 2.75) is 0 Å². The molecule has 0 heterocycles. The molecule has 0 aliphatic carbocycles. The maximum absolute atomic E-state index is 0. The first-order chi connectivity index (χ1) is 0. The molecule has 0 amide bonds. The van der Waals surface area contributed by atoms with Gasteiger partial charge in [-0.05, 0) is 0 Å². The molecule has 0 bridgehead atoms. The van der Waals surface area contributed by atoms with Crippen molar-refractivity contribution >= 4 is 0 Å². The van der Waals surface area contributed by atoms with Gasteiger partial charge in [-0.15, -0.1) is 0 Å². The summed E-state index contributed by atoms with van der Waals surface area (Å²) in [5, 5.41) is 0. The van der Waals surface area contributed by atoms with Crippen molar-refractivity contribution in [3.63, 3.8) is 0 Å². The Labute approximate surface area is 69.3 Å². The summed E-state index contributed by atoms with van der Waals surface area (Å²) in [6.45, 7) is 0. The van der Waals surface area contributed by atoms with Gasteiger partial charge in [0.25, 0.3) is 0 Å². The molecule has 6 N–H and O–H groups in total. The van der Waals surface area contributed by atoms with Gasteiger partial charge in [0.1, 0.15) is 0 Å². The molecule has 5 nitrogen and oxygen atoms in total. The van der Waals surface area contributed by atoms with Crippen molar-refractivity contribution in [3.8, 4) is 0 Å². The summed E-state index contributed by atoms with van der Waals surface area (Å²) >= 11 is 0. The van der Waals surface area contributed by atoms with Gasteiger partial charge in [-0.2, -0.15) is 0 Å². The molecule has 0 atom stereocenters. The quantitative estimate of drug-likeness (QED) is 0.425. The minimum Gasteiger partial charge on any atom is -2.00 e. The minimum absolute atomic E-state index is 0.